The van der Waals surface area contributed by atoms with Gasteiger partial charge >= 0.3 is 0 Å². The summed E-state index contributed by atoms with van der Waals surface area (Å²) in [5.74, 6) is 0.0561. The second-order valence-electron chi connectivity index (χ2n) is 6.41. The highest BCUT2D eigenvalue weighted by Gasteiger charge is 2.29. The van der Waals surface area contributed by atoms with Crippen LogP contribution < -0.4 is 4.90 Å². The van der Waals surface area contributed by atoms with E-state index in [2.05, 4.69) is 0 Å². The molecule has 3 rings (SSSR count). The lowest BCUT2D eigenvalue weighted by atomic mass is 9.96. The Morgan fingerprint density at radius 1 is 1.12 bits per heavy atom. The number of ketones is 1. The Morgan fingerprint density at radius 2 is 1.73 bits per heavy atom. The summed E-state index contributed by atoms with van der Waals surface area (Å²) in [6.45, 7) is 2.13. The van der Waals surface area contributed by atoms with Crippen molar-refractivity contribution in [3.8, 4) is 5.75 Å². The van der Waals surface area contributed by atoms with Crippen molar-refractivity contribution in [2.75, 3.05) is 14.1 Å². The van der Waals surface area contributed by atoms with Crippen LogP contribution in [0.1, 0.15) is 27.2 Å². The number of carbonyl (C=O) groups is 1. The van der Waals surface area contributed by atoms with Crippen LogP contribution in [0.3, 0.4) is 0 Å². The van der Waals surface area contributed by atoms with Crippen LogP contribution in [0.2, 0.25) is 15.1 Å². The minimum Gasteiger partial charge on any atom is -0.506 e. The quantitative estimate of drug-likeness (QED) is 0.628. The number of fused-ring (bicyclic) bond motifs is 1. The zero-order valence-electron chi connectivity index (χ0n) is 14.4. The molecule has 0 saturated carbocycles. The van der Waals surface area contributed by atoms with Crippen molar-refractivity contribution in [2.24, 2.45) is 0 Å². The van der Waals surface area contributed by atoms with Gasteiger partial charge in [0, 0.05) is 16.0 Å². The molecule has 0 aliphatic heterocycles. The van der Waals surface area contributed by atoms with Crippen LogP contribution in [0, 0.1) is 6.92 Å². The molecule has 0 aliphatic carbocycles. The number of benzene rings is 2. The van der Waals surface area contributed by atoms with Gasteiger partial charge in [0.05, 0.1) is 25.2 Å². The first-order chi connectivity index (χ1) is 12.2. The van der Waals surface area contributed by atoms with E-state index in [1.54, 1.807) is 31.2 Å². The first-order valence-corrected chi connectivity index (χ1v) is 9.07. The van der Waals surface area contributed by atoms with Crippen LogP contribution in [-0.4, -0.2) is 25.0 Å². The van der Waals surface area contributed by atoms with Crippen LogP contribution in [0.15, 0.2) is 28.7 Å². The molecule has 7 heteroatoms. The van der Waals surface area contributed by atoms with Gasteiger partial charge in [-0.25, -0.2) is 0 Å². The monoisotopic (exact) mass is 412 g/mol. The molecule has 1 heterocycles. The van der Waals surface area contributed by atoms with Crippen molar-refractivity contribution in [3.63, 3.8) is 0 Å². The highest BCUT2D eigenvalue weighted by molar-refractivity contribution is 6.46. The lowest BCUT2D eigenvalue weighted by molar-refractivity contribution is -0.872. The fourth-order valence-electron chi connectivity index (χ4n) is 2.99. The third kappa shape index (κ3) is 3.19. The number of nitrogens with one attached hydrogen (secondary N) is 1. The Balaban J connectivity index is 2.33. The van der Waals surface area contributed by atoms with Gasteiger partial charge < -0.3 is 14.4 Å². The third-order valence-electron chi connectivity index (χ3n) is 4.14. The summed E-state index contributed by atoms with van der Waals surface area (Å²) in [4.78, 5) is 14.2. The van der Waals surface area contributed by atoms with Crippen LogP contribution in [0.4, 0.5) is 0 Å². The molecule has 0 fully saturated rings. The molecule has 4 nitrogen and oxygen atoms in total. The smallest absolute Gasteiger partial charge is 0.197 e. The lowest BCUT2D eigenvalue weighted by Crippen LogP contribution is -3.04. The van der Waals surface area contributed by atoms with Gasteiger partial charge in [-0.1, -0.05) is 34.8 Å². The van der Waals surface area contributed by atoms with E-state index in [9.17, 15) is 9.90 Å². The molecular formula is C19H17Cl3NO3+. The minimum atomic E-state index is -0.231. The molecule has 3 aromatic rings. The molecule has 0 saturated heterocycles. The largest absolute Gasteiger partial charge is 0.506 e. The Hall–Kier alpha value is -1.72. The second kappa shape index (κ2) is 7.12. The SMILES string of the molecule is Cc1oc2c(Cl)c(Cl)c(O)c(C[NH+](C)C)c2c1C(=O)c1ccc(Cl)cc1. The number of phenols is 1. The van der Waals surface area contributed by atoms with E-state index in [-0.39, 0.29) is 21.6 Å². The van der Waals surface area contributed by atoms with Crippen molar-refractivity contribution in [3.05, 3.63) is 61.8 Å². The zero-order valence-corrected chi connectivity index (χ0v) is 16.7. The third-order valence-corrected chi connectivity index (χ3v) is 5.21. The standard InChI is InChI=1S/C19H16Cl3NO3/c1-9-13(17(24)10-4-6-11(20)7-5-10)14-12(8-23(2)3)18(25)15(21)16(22)19(14)26-9/h4-7,25H,8H2,1-3H3/p+1. The summed E-state index contributed by atoms with van der Waals surface area (Å²) in [7, 11) is 3.86. The highest BCUT2D eigenvalue weighted by Crippen LogP contribution is 2.45. The lowest BCUT2D eigenvalue weighted by Gasteiger charge is -2.13. The van der Waals surface area contributed by atoms with Gasteiger partial charge in [0.25, 0.3) is 0 Å². The summed E-state index contributed by atoms with van der Waals surface area (Å²) in [5.41, 5.74) is 1.67. The Kier molecular flexibility index (Phi) is 5.22. The predicted molar refractivity (Wildman–Crippen MR) is 104 cm³/mol. The number of phenolic OH excluding ortho intramolecular Hbond substituents is 1. The van der Waals surface area contributed by atoms with Crippen molar-refractivity contribution in [2.45, 2.75) is 13.5 Å². The number of halogens is 3. The van der Waals surface area contributed by atoms with Crippen molar-refractivity contribution < 1.29 is 19.2 Å². The van der Waals surface area contributed by atoms with Crippen molar-refractivity contribution in [1.29, 1.82) is 0 Å². The predicted octanol–water partition coefficient (Wildman–Crippen LogP) is 4.28. The van der Waals surface area contributed by atoms with E-state index in [0.717, 1.165) is 4.90 Å². The van der Waals surface area contributed by atoms with Crippen LogP contribution >= 0.6 is 34.8 Å². The maximum atomic E-state index is 13.1. The number of aromatic hydroxyl groups is 1. The Morgan fingerprint density at radius 3 is 2.31 bits per heavy atom. The average Bonchev–Trinajstić information content (AvgIpc) is 2.94. The molecule has 2 aromatic carbocycles. The van der Waals surface area contributed by atoms with E-state index in [0.29, 0.717) is 45.0 Å². The van der Waals surface area contributed by atoms with Gasteiger partial charge in [0.1, 0.15) is 28.1 Å². The fourth-order valence-corrected chi connectivity index (χ4v) is 3.53. The van der Waals surface area contributed by atoms with E-state index >= 15 is 0 Å². The molecule has 0 bridgehead atoms. The Bertz CT molecular complexity index is 1010. The number of rotatable bonds is 4. The molecule has 0 radical (unpaired) electrons. The van der Waals surface area contributed by atoms with Crippen molar-refractivity contribution >= 4 is 51.6 Å². The number of furan rings is 1. The molecule has 1 aromatic heterocycles. The van der Waals surface area contributed by atoms with Crippen LogP contribution in [-0.2, 0) is 6.54 Å². The minimum absolute atomic E-state index is 0.0228. The van der Waals surface area contributed by atoms with Gasteiger partial charge in [0.2, 0.25) is 0 Å². The molecule has 2 N–H and O–H groups in total. The molecule has 136 valence electrons. The maximum absolute atomic E-state index is 13.1. The molecule has 0 spiro atoms. The van der Waals surface area contributed by atoms with Crippen molar-refractivity contribution in [1.82, 2.24) is 0 Å². The van der Waals surface area contributed by atoms with E-state index < -0.39 is 0 Å². The summed E-state index contributed by atoms with van der Waals surface area (Å²) >= 11 is 18.4. The zero-order chi connectivity index (χ0) is 19.2. The molecule has 0 unspecified atom stereocenters. The van der Waals surface area contributed by atoms with Gasteiger partial charge in [-0.2, -0.15) is 0 Å². The summed E-state index contributed by atoms with van der Waals surface area (Å²) in [6, 6.07) is 6.60. The number of aryl methyl sites for hydroxylation is 1. The molecule has 0 aliphatic rings. The summed E-state index contributed by atoms with van der Waals surface area (Å²) < 4.78 is 5.77. The Labute approximate surface area is 165 Å². The molecule has 26 heavy (non-hydrogen) atoms. The first kappa shape index (κ1) is 19.1. The van der Waals surface area contributed by atoms with Gasteiger partial charge in [0.15, 0.2) is 11.4 Å². The normalized spacial score (nSPS) is 11.5. The van der Waals surface area contributed by atoms with Crippen LogP contribution in [0.25, 0.3) is 11.0 Å². The second-order valence-corrected chi connectivity index (χ2v) is 7.60. The topological polar surface area (TPSA) is 54.9 Å². The molecular weight excluding hydrogens is 397 g/mol. The van der Waals surface area contributed by atoms with E-state index in [1.807, 2.05) is 14.1 Å². The molecule has 0 atom stereocenters. The number of quaternary nitrogens is 1. The van der Waals surface area contributed by atoms with Crippen LogP contribution in [0.5, 0.6) is 5.75 Å². The molecule has 0 amide bonds. The summed E-state index contributed by atoms with van der Waals surface area (Å²) in [6.07, 6.45) is 0. The van der Waals surface area contributed by atoms with Gasteiger partial charge in [-0.15, -0.1) is 0 Å². The van der Waals surface area contributed by atoms with Gasteiger partial charge in [-0.3, -0.25) is 4.79 Å². The summed E-state index contributed by atoms with van der Waals surface area (Å²) in [5, 5.41) is 11.7. The van der Waals surface area contributed by atoms with E-state index in [1.165, 1.54) is 0 Å². The first-order valence-electron chi connectivity index (χ1n) is 7.93. The number of hydrogen-bond donors (Lipinski definition) is 2. The maximum Gasteiger partial charge on any atom is 0.197 e. The van der Waals surface area contributed by atoms with Gasteiger partial charge in [-0.05, 0) is 31.2 Å². The average molecular weight is 414 g/mol. The van der Waals surface area contributed by atoms with E-state index in [4.69, 9.17) is 39.2 Å². The number of carbonyl (C=O) groups excluding carboxylic acids is 1. The fraction of sp³-hybridized carbons (Fsp3) is 0.211. The highest BCUT2D eigenvalue weighted by atomic mass is 35.5. The number of hydrogen-bond acceptors (Lipinski definition) is 3.